The van der Waals surface area contributed by atoms with E-state index in [1.54, 1.807) is 43.5 Å². The Morgan fingerprint density at radius 3 is 2.57 bits per heavy atom. The Hall–Kier alpha value is -2.56. The topological polar surface area (TPSA) is 47.6 Å². The number of hydrogen-bond donors (Lipinski definition) is 1. The molecule has 0 spiro atoms. The minimum Gasteiger partial charge on any atom is -0.497 e. The molecule has 0 fully saturated rings. The zero-order chi connectivity index (χ0) is 15.2. The summed E-state index contributed by atoms with van der Waals surface area (Å²) in [5.74, 6) is -0.218. The van der Waals surface area contributed by atoms with Gasteiger partial charge >= 0.3 is 5.97 Å². The molecular weight excluding hydrogens is 273 g/mol. The SMILES string of the molecule is COC(=O)C(Nc1cccc(F)c1)c1cccc(OC)c1. The average Bonchev–Trinajstić information content (AvgIpc) is 2.52. The molecular formula is C16H16FNO3. The Bertz CT molecular complexity index is 630. The first-order chi connectivity index (χ1) is 10.1. The van der Waals surface area contributed by atoms with Crippen LogP contribution in [0.25, 0.3) is 0 Å². The van der Waals surface area contributed by atoms with Crippen LogP contribution >= 0.6 is 0 Å². The number of rotatable bonds is 5. The third kappa shape index (κ3) is 3.72. The number of carbonyl (C=O) groups excluding carboxylic acids is 1. The van der Waals surface area contributed by atoms with Crippen molar-refractivity contribution in [3.63, 3.8) is 0 Å². The van der Waals surface area contributed by atoms with Crippen molar-refractivity contribution in [2.24, 2.45) is 0 Å². The Labute approximate surface area is 122 Å². The molecule has 0 aromatic heterocycles. The van der Waals surface area contributed by atoms with Crippen LogP contribution in [0.4, 0.5) is 10.1 Å². The van der Waals surface area contributed by atoms with Crippen molar-refractivity contribution < 1.29 is 18.7 Å². The largest absolute Gasteiger partial charge is 0.497 e. The second-order valence-electron chi connectivity index (χ2n) is 4.39. The highest BCUT2D eigenvalue weighted by atomic mass is 19.1. The summed E-state index contributed by atoms with van der Waals surface area (Å²) < 4.78 is 23.2. The molecule has 2 aromatic rings. The van der Waals surface area contributed by atoms with Crippen LogP contribution in [-0.4, -0.2) is 20.2 Å². The molecule has 1 N–H and O–H groups in total. The van der Waals surface area contributed by atoms with Gasteiger partial charge in [-0.1, -0.05) is 18.2 Å². The molecule has 0 heterocycles. The highest BCUT2D eigenvalue weighted by Crippen LogP contribution is 2.24. The van der Waals surface area contributed by atoms with Gasteiger partial charge in [0.2, 0.25) is 0 Å². The lowest BCUT2D eigenvalue weighted by Gasteiger charge is -2.18. The first kappa shape index (κ1) is 14.8. The number of benzene rings is 2. The number of anilines is 1. The molecule has 0 bridgehead atoms. The summed E-state index contributed by atoms with van der Waals surface area (Å²) >= 11 is 0. The van der Waals surface area contributed by atoms with E-state index < -0.39 is 12.0 Å². The van der Waals surface area contributed by atoms with Crippen LogP contribution in [0.3, 0.4) is 0 Å². The smallest absolute Gasteiger partial charge is 0.332 e. The lowest BCUT2D eigenvalue weighted by molar-refractivity contribution is -0.141. The maximum absolute atomic E-state index is 13.2. The molecule has 0 radical (unpaired) electrons. The predicted octanol–water partition coefficient (Wildman–Crippen LogP) is 3.16. The van der Waals surface area contributed by atoms with E-state index in [0.29, 0.717) is 17.0 Å². The third-order valence-corrected chi connectivity index (χ3v) is 3.00. The van der Waals surface area contributed by atoms with Crippen molar-refractivity contribution in [3.8, 4) is 5.75 Å². The highest BCUT2D eigenvalue weighted by Gasteiger charge is 2.21. The number of methoxy groups -OCH3 is 2. The molecule has 0 aliphatic heterocycles. The molecule has 0 amide bonds. The predicted molar refractivity (Wildman–Crippen MR) is 77.8 cm³/mol. The quantitative estimate of drug-likeness (QED) is 0.859. The minimum absolute atomic E-state index is 0.380. The fraction of sp³-hybridized carbons (Fsp3) is 0.188. The van der Waals surface area contributed by atoms with Crippen molar-refractivity contribution in [2.75, 3.05) is 19.5 Å². The molecule has 4 nitrogen and oxygen atoms in total. The molecule has 0 aliphatic carbocycles. The van der Waals surface area contributed by atoms with Gasteiger partial charge in [0.05, 0.1) is 14.2 Å². The summed E-state index contributed by atoms with van der Waals surface area (Å²) in [5, 5.41) is 2.97. The molecule has 0 aliphatic rings. The number of hydrogen-bond acceptors (Lipinski definition) is 4. The first-order valence-corrected chi connectivity index (χ1v) is 6.38. The fourth-order valence-corrected chi connectivity index (χ4v) is 1.96. The van der Waals surface area contributed by atoms with Crippen LogP contribution in [-0.2, 0) is 9.53 Å². The van der Waals surface area contributed by atoms with Crippen LogP contribution in [0.1, 0.15) is 11.6 Å². The molecule has 21 heavy (non-hydrogen) atoms. The fourth-order valence-electron chi connectivity index (χ4n) is 1.96. The molecule has 1 atom stereocenters. The number of halogens is 1. The Morgan fingerprint density at radius 2 is 1.90 bits per heavy atom. The standard InChI is InChI=1S/C16H16FNO3/c1-20-14-8-3-5-11(9-14)15(16(19)21-2)18-13-7-4-6-12(17)10-13/h3-10,15,18H,1-2H3. The van der Waals surface area contributed by atoms with Gasteiger partial charge in [-0.2, -0.15) is 0 Å². The van der Waals surface area contributed by atoms with Crippen LogP contribution in [0.5, 0.6) is 5.75 Å². The second-order valence-corrected chi connectivity index (χ2v) is 4.39. The van der Waals surface area contributed by atoms with Crippen molar-refractivity contribution in [3.05, 3.63) is 59.9 Å². The maximum Gasteiger partial charge on any atom is 0.332 e. The van der Waals surface area contributed by atoms with Crippen LogP contribution in [0.15, 0.2) is 48.5 Å². The van der Waals surface area contributed by atoms with Gasteiger partial charge in [0, 0.05) is 5.69 Å². The van der Waals surface area contributed by atoms with Crippen molar-refractivity contribution in [1.29, 1.82) is 0 Å². The van der Waals surface area contributed by atoms with E-state index >= 15 is 0 Å². The average molecular weight is 289 g/mol. The lowest BCUT2D eigenvalue weighted by atomic mass is 10.1. The summed E-state index contributed by atoms with van der Waals surface area (Å²) in [6.07, 6.45) is 0. The van der Waals surface area contributed by atoms with Gasteiger partial charge in [-0.05, 0) is 35.9 Å². The van der Waals surface area contributed by atoms with E-state index in [1.165, 1.54) is 19.2 Å². The Balaban J connectivity index is 2.32. The molecule has 2 rings (SSSR count). The van der Waals surface area contributed by atoms with E-state index in [2.05, 4.69) is 5.32 Å². The van der Waals surface area contributed by atoms with Gasteiger partial charge in [-0.3, -0.25) is 0 Å². The number of esters is 1. The van der Waals surface area contributed by atoms with Crippen LogP contribution in [0.2, 0.25) is 0 Å². The van der Waals surface area contributed by atoms with Crippen LogP contribution < -0.4 is 10.1 Å². The van der Waals surface area contributed by atoms with Gasteiger partial charge in [0.25, 0.3) is 0 Å². The number of carbonyl (C=O) groups is 1. The Kier molecular flexibility index (Phi) is 4.77. The third-order valence-electron chi connectivity index (χ3n) is 3.00. The van der Waals surface area contributed by atoms with Crippen molar-refractivity contribution in [2.45, 2.75) is 6.04 Å². The molecule has 5 heteroatoms. The number of ether oxygens (including phenoxy) is 2. The van der Waals surface area contributed by atoms with E-state index in [-0.39, 0.29) is 5.82 Å². The summed E-state index contributed by atoms with van der Waals surface area (Å²) in [7, 11) is 2.86. The normalized spacial score (nSPS) is 11.6. The van der Waals surface area contributed by atoms with Crippen molar-refractivity contribution >= 4 is 11.7 Å². The summed E-state index contributed by atoms with van der Waals surface area (Å²) in [5.41, 5.74) is 1.17. The minimum atomic E-state index is -0.744. The van der Waals surface area contributed by atoms with Gasteiger partial charge < -0.3 is 14.8 Å². The van der Waals surface area contributed by atoms with E-state index in [4.69, 9.17) is 9.47 Å². The van der Waals surface area contributed by atoms with Gasteiger partial charge in [-0.15, -0.1) is 0 Å². The molecule has 0 saturated heterocycles. The molecule has 2 aromatic carbocycles. The van der Waals surface area contributed by atoms with E-state index in [9.17, 15) is 9.18 Å². The summed E-state index contributed by atoms with van der Waals surface area (Å²) in [6, 6.07) is 12.2. The molecule has 110 valence electrons. The van der Waals surface area contributed by atoms with Gasteiger partial charge in [-0.25, -0.2) is 9.18 Å². The Morgan fingerprint density at radius 1 is 1.14 bits per heavy atom. The zero-order valence-corrected chi connectivity index (χ0v) is 11.8. The zero-order valence-electron chi connectivity index (χ0n) is 11.8. The molecule has 1 unspecified atom stereocenters. The first-order valence-electron chi connectivity index (χ1n) is 6.38. The lowest BCUT2D eigenvalue weighted by Crippen LogP contribution is -2.22. The van der Waals surface area contributed by atoms with E-state index in [0.717, 1.165) is 0 Å². The van der Waals surface area contributed by atoms with Gasteiger partial charge in [0.15, 0.2) is 6.04 Å². The van der Waals surface area contributed by atoms with E-state index in [1.807, 2.05) is 0 Å². The maximum atomic E-state index is 13.2. The molecule has 0 saturated carbocycles. The van der Waals surface area contributed by atoms with Crippen LogP contribution in [0, 0.1) is 5.82 Å². The summed E-state index contributed by atoms with van der Waals surface area (Å²) in [4.78, 5) is 12.0. The van der Waals surface area contributed by atoms with Gasteiger partial charge in [0.1, 0.15) is 11.6 Å². The summed E-state index contributed by atoms with van der Waals surface area (Å²) in [6.45, 7) is 0. The highest BCUT2D eigenvalue weighted by molar-refractivity contribution is 5.81. The van der Waals surface area contributed by atoms with Crippen molar-refractivity contribution in [1.82, 2.24) is 0 Å². The second kappa shape index (κ2) is 6.74. The monoisotopic (exact) mass is 289 g/mol. The number of nitrogens with one attached hydrogen (secondary N) is 1.